The molecule has 0 aromatic carbocycles. The average molecular weight is 199 g/mol. The lowest BCUT2D eigenvalue weighted by molar-refractivity contribution is -0.119. The molecule has 0 unspecified atom stereocenters. The van der Waals surface area contributed by atoms with Gasteiger partial charge in [0.1, 0.15) is 6.54 Å². The van der Waals surface area contributed by atoms with Gasteiger partial charge in [0.05, 0.1) is 5.84 Å². The van der Waals surface area contributed by atoms with Crippen LogP contribution in [0.5, 0.6) is 0 Å². The number of aliphatic imine (C=N–C) groups is 1. The lowest BCUT2D eigenvalue weighted by Gasteiger charge is -2.05. The molecule has 0 fully saturated rings. The monoisotopic (exact) mass is 199 g/mol. The summed E-state index contributed by atoms with van der Waals surface area (Å²) in [7, 11) is 0. The van der Waals surface area contributed by atoms with E-state index in [4.69, 9.17) is 5.73 Å². The van der Waals surface area contributed by atoms with Crippen molar-refractivity contribution in [2.24, 2.45) is 16.6 Å². The Morgan fingerprint density at radius 1 is 1.50 bits per heavy atom. The molecular formula is C10H21N3O. The number of nitrogens with one attached hydrogen (secondary N) is 1. The predicted molar refractivity (Wildman–Crippen MR) is 59.2 cm³/mol. The van der Waals surface area contributed by atoms with Crippen LogP contribution in [0.3, 0.4) is 0 Å². The van der Waals surface area contributed by atoms with Gasteiger partial charge in [-0.3, -0.25) is 9.79 Å². The van der Waals surface area contributed by atoms with E-state index in [1.165, 1.54) is 0 Å². The minimum atomic E-state index is -0.0576. The molecule has 0 atom stereocenters. The molecule has 0 radical (unpaired) electrons. The third-order valence-corrected chi connectivity index (χ3v) is 1.64. The summed E-state index contributed by atoms with van der Waals surface area (Å²) in [5.41, 5.74) is 5.56. The second kappa shape index (κ2) is 7.35. The Balaban J connectivity index is 3.67. The van der Waals surface area contributed by atoms with Crippen molar-refractivity contribution in [2.75, 3.05) is 13.1 Å². The number of nitrogens with zero attached hydrogens (tertiary/aromatic N) is 1. The molecule has 0 aliphatic rings. The van der Waals surface area contributed by atoms with Crippen LogP contribution in [0.1, 0.15) is 33.6 Å². The van der Waals surface area contributed by atoms with Crippen molar-refractivity contribution in [2.45, 2.75) is 33.6 Å². The highest BCUT2D eigenvalue weighted by molar-refractivity contribution is 5.85. The van der Waals surface area contributed by atoms with Gasteiger partial charge in [0, 0.05) is 13.0 Å². The third kappa shape index (κ3) is 7.58. The van der Waals surface area contributed by atoms with Gasteiger partial charge in [0.2, 0.25) is 5.91 Å². The third-order valence-electron chi connectivity index (χ3n) is 1.64. The smallest absolute Gasteiger partial charge is 0.241 e. The second-order valence-electron chi connectivity index (χ2n) is 3.76. The first-order valence-electron chi connectivity index (χ1n) is 5.11. The molecule has 3 N–H and O–H groups in total. The largest absolute Gasteiger partial charge is 0.387 e. The lowest BCUT2D eigenvalue weighted by Crippen LogP contribution is -2.30. The number of carbonyl (C=O) groups is 1. The molecule has 0 heterocycles. The van der Waals surface area contributed by atoms with Crippen molar-refractivity contribution in [3.63, 3.8) is 0 Å². The highest BCUT2D eigenvalue weighted by Crippen LogP contribution is 1.88. The molecule has 82 valence electrons. The van der Waals surface area contributed by atoms with Crippen LogP contribution in [0.4, 0.5) is 0 Å². The maximum absolute atomic E-state index is 11.2. The van der Waals surface area contributed by atoms with Crippen molar-refractivity contribution >= 4 is 11.7 Å². The Labute approximate surface area is 86.0 Å². The zero-order chi connectivity index (χ0) is 11.0. The van der Waals surface area contributed by atoms with Crippen LogP contribution in [0, 0.1) is 5.92 Å². The van der Waals surface area contributed by atoms with Crippen LogP contribution >= 0.6 is 0 Å². The fourth-order valence-electron chi connectivity index (χ4n) is 0.882. The molecule has 0 saturated carbocycles. The van der Waals surface area contributed by atoms with E-state index in [0.29, 0.717) is 18.3 Å². The Morgan fingerprint density at radius 2 is 2.14 bits per heavy atom. The topological polar surface area (TPSA) is 67.5 Å². The predicted octanol–water partition coefficient (Wildman–Crippen LogP) is 0.916. The van der Waals surface area contributed by atoms with Gasteiger partial charge in [-0.25, -0.2) is 0 Å². The number of hydrogen-bond donors (Lipinski definition) is 2. The Bertz CT molecular complexity index is 200. The summed E-state index contributed by atoms with van der Waals surface area (Å²) >= 11 is 0. The summed E-state index contributed by atoms with van der Waals surface area (Å²) in [5.74, 6) is 0.973. The molecule has 0 aromatic rings. The van der Waals surface area contributed by atoms with Crippen LogP contribution in [0.2, 0.25) is 0 Å². The second-order valence-corrected chi connectivity index (χ2v) is 3.76. The van der Waals surface area contributed by atoms with E-state index in [-0.39, 0.29) is 12.5 Å². The zero-order valence-electron chi connectivity index (χ0n) is 9.34. The van der Waals surface area contributed by atoms with E-state index in [2.05, 4.69) is 24.2 Å². The highest BCUT2D eigenvalue weighted by Gasteiger charge is 2.00. The number of amidine groups is 1. The van der Waals surface area contributed by atoms with Gasteiger partial charge in [-0.05, 0) is 12.3 Å². The van der Waals surface area contributed by atoms with E-state index in [9.17, 15) is 4.79 Å². The molecule has 0 rings (SSSR count). The maximum atomic E-state index is 11.2. The Morgan fingerprint density at radius 3 is 2.64 bits per heavy atom. The summed E-state index contributed by atoms with van der Waals surface area (Å²) in [6, 6.07) is 0. The number of nitrogens with two attached hydrogens (primary N) is 1. The van der Waals surface area contributed by atoms with Crippen LogP contribution < -0.4 is 11.1 Å². The van der Waals surface area contributed by atoms with Gasteiger partial charge in [0.25, 0.3) is 0 Å². The number of carbonyl (C=O) groups excluding carboxylic acids is 1. The first kappa shape index (κ1) is 12.9. The standard InChI is InChI=1S/C10H21N3O/c1-4-5-9(11)12-7-10(14)13-6-8(2)3/h8H,4-7H2,1-3H3,(H2,11,12)(H,13,14). The molecular weight excluding hydrogens is 178 g/mol. The fourth-order valence-corrected chi connectivity index (χ4v) is 0.882. The molecule has 4 heteroatoms. The maximum Gasteiger partial charge on any atom is 0.241 e. The lowest BCUT2D eigenvalue weighted by atomic mass is 10.2. The van der Waals surface area contributed by atoms with Crippen molar-refractivity contribution in [1.82, 2.24) is 5.32 Å². The van der Waals surface area contributed by atoms with E-state index in [0.717, 1.165) is 12.8 Å². The van der Waals surface area contributed by atoms with Gasteiger partial charge in [-0.15, -0.1) is 0 Å². The molecule has 0 aliphatic carbocycles. The molecule has 0 bridgehead atoms. The van der Waals surface area contributed by atoms with E-state index < -0.39 is 0 Å². The van der Waals surface area contributed by atoms with Crippen molar-refractivity contribution < 1.29 is 4.79 Å². The Kier molecular flexibility index (Phi) is 6.80. The molecule has 0 saturated heterocycles. The summed E-state index contributed by atoms with van der Waals surface area (Å²) in [4.78, 5) is 15.2. The number of rotatable bonds is 6. The summed E-state index contributed by atoms with van der Waals surface area (Å²) < 4.78 is 0. The first-order chi connectivity index (χ1) is 6.56. The minimum Gasteiger partial charge on any atom is -0.387 e. The molecule has 1 amide bonds. The van der Waals surface area contributed by atoms with Crippen LogP contribution in [-0.4, -0.2) is 24.8 Å². The molecule has 0 aromatic heterocycles. The van der Waals surface area contributed by atoms with Crippen molar-refractivity contribution in [3.8, 4) is 0 Å². The Hall–Kier alpha value is -1.06. The van der Waals surface area contributed by atoms with Gasteiger partial charge < -0.3 is 11.1 Å². The molecule has 0 aliphatic heterocycles. The fraction of sp³-hybridized carbons (Fsp3) is 0.800. The van der Waals surface area contributed by atoms with E-state index >= 15 is 0 Å². The number of amides is 1. The van der Waals surface area contributed by atoms with Gasteiger partial charge in [-0.2, -0.15) is 0 Å². The normalized spacial score (nSPS) is 11.9. The SMILES string of the molecule is CCCC(N)=NCC(=O)NCC(C)C. The first-order valence-corrected chi connectivity index (χ1v) is 5.11. The summed E-state index contributed by atoms with van der Waals surface area (Å²) in [5, 5.41) is 2.78. The summed E-state index contributed by atoms with van der Waals surface area (Å²) in [6.07, 6.45) is 1.72. The summed E-state index contributed by atoms with van der Waals surface area (Å²) in [6.45, 7) is 6.98. The van der Waals surface area contributed by atoms with Crippen LogP contribution in [-0.2, 0) is 4.79 Å². The van der Waals surface area contributed by atoms with Gasteiger partial charge >= 0.3 is 0 Å². The molecule has 0 spiro atoms. The molecule has 14 heavy (non-hydrogen) atoms. The van der Waals surface area contributed by atoms with E-state index in [1.807, 2.05) is 6.92 Å². The van der Waals surface area contributed by atoms with Crippen LogP contribution in [0.15, 0.2) is 4.99 Å². The average Bonchev–Trinajstić information content (AvgIpc) is 2.12. The molecule has 4 nitrogen and oxygen atoms in total. The van der Waals surface area contributed by atoms with Crippen molar-refractivity contribution in [3.05, 3.63) is 0 Å². The van der Waals surface area contributed by atoms with Gasteiger partial charge in [0.15, 0.2) is 0 Å². The highest BCUT2D eigenvalue weighted by atomic mass is 16.1. The van der Waals surface area contributed by atoms with Gasteiger partial charge in [-0.1, -0.05) is 20.8 Å². The minimum absolute atomic E-state index is 0.0576. The number of hydrogen-bond acceptors (Lipinski definition) is 2. The van der Waals surface area contributed by atoms with Crippen molar-refractivity contribution in [1.29, 1.82) is 0 Å². The zero-order valence-corrected chi connectivity index (χ0v) is 9.34. The van der Waals surface area contributed by atoms with E-state index in [1.54, 1.807) is 0 Å². The quantitative estimate of drug-likeness (QED) is 0.493. The van der Waals surface area contributed by atoms with Crippen LogP contribution in [0.25, 0.3) is 0 Å².